The van der Waals surface area contributed by atoms with Gasteiger partial charge in [0.15, 0.2) is 5.76 Å². The molecular formula is C22H18ClN3O3. The Labute approximate surface area is 171 Å². The molecule has 4 aromatic rings. The van der Waals surface area contributed by atoms with Gasteiger partial charge in [0, 0.05) is 11.6 Å². The van der Waals surface area contributed by atoms with Crippen molar-refractivity contribution in [2.75, 3.05) is 6.54 Å². The van der Waals surface area contributed by atoms with E-state index in [1.165, 1.54) is 6.26 Å². The van der Waals surface area contributed by atoms with Crippen LogP contribution in [0.15, 0.2) is 76.1 Å². The molecule has 146 valence electrons. The molecule has 4 rings (SSSR count). The zero-order valence-electron chi connectivity index (χ0n) is 15.5. The molecule has 1 amide bonds. The molecule has 2 aromatic heterocycles. The van der Waals surface area contributed by atoms with Gasteiger partial charge in [-0.3, -0.25) is 9.59 Å². The maximum absolute atomic E-state index is 12.9. The van der Waals surface area contributed by atoms with Crippen molar-refractivity contribution in [3.05, 3.63) is 99.5 Å². The number of hydrogen-bond acceptors (Lipinski definition) is 4. The first-order valence-corrected chi connectivity index (χ1v) is 9.53. The Morgan fingerprint density at radius 3 is 2.62 bits per heavy atom. The van der Waals surface area contributed by atoms with Crippen molar-refractivity contribution in [2.24, 2.45) is 0 Å². The topological polar surface area (TPSA) is 79.2 Å². The molecule has 0 unspecified atom stereocenters. The van der Waals surface area contributed by atoms with Crippen LogP contribution in [0.4, 0.5) is 0 Å². The van der Waals surface area contributed by atoms with E-state index >= 15 is 0 Å². The number of aromatic amines is 1. The van der Waals surface area contributed by atoms with Gasteiger partial charge in [0.25, 0.3) is 11.5 Å². The van der Waals surface area contributed by atoms with E-state index < -0.39 is 0 Å². The van der Waals surface area contributed by atoms with Gasteiger partial charge < -0.3 is 14.3 Å². The van der Waals surface area contributed by atoms with E-state index in [0.29, 0.717) is 34.7 Å². The molecule has 29 heavy (non-hydrogen) atoms. The molecule has 0 fully saturated rings. The van der Waals surface area contributed by atoms with Gasteiger partial charge in [0.2, 0.25) is 0 Å². The number of H-pyrrole nitrogens is 1. The molecule has 0 spiro atoms. The van der Waals surface area contributed by atoms with Crippen LogP contribution in [0.25, 0.3) is 10.9 Å². The van der Waals surface area contributed by atoms with Gasteiger partial charge in [0.1, 0.15) is 5.82 Å². The second-order valence-corrected chi connectivity index (χ2v) is 7.05. The van der Waals surface area contributed by atoms with E-state index in [4.69, 9.17) is 16.0 Å². The molecule has 2 heterocycles. The van der Waals surface area contributed by atoms with Crippen LogP contribution in [0.1, 0.15) is 21.9 Å². The predicted octanol–water partition coefficient (Wildman–Crippen LogP) is 4.05. The summed E-state index contributed by atoms with van der Waals surface area (Å²) in [5.41, 5.74) is 1.41. The fourth-order valence-corrected chi connectivity index (χ4v) is 3.24. The number of carbonyl (C=O) groups excluding carboxylic acids is 1. The SMILES string of the molecule is O=C(c1ccco1)N(CCc1ccc(Cl)cc1)Cc1nc2ccccc2c(=O)[nH]1. The highest BCUT2D eigenvalue weighted by molar-refractivity contribution is 6.30. The van der Waals surface area contributed by atoms with Crippen molar-refractivity contribution in [3.63, 3.8) is 0 Å². The monoisotopic (exact) mass is 407 g/mol. The Morgan fingerprint density at radius 1 is 1.07 bits per heavy atom. The van der Waals surface area contributed by atoms with E-state index in [0.717, 1.165) is 5.56 Å². The molecule has 0 saturated carbocycles. The Balaban J connectivity index is 1.60. The molecular weight excluding hydrogens is 390 g/mol. The number of benzene rings is 2. The van der Waals surface area contributed by atoms with Gasteiger partial charge in [-0.25, -0.2) is 4.98 Å². The van der Waals surface area contributed by atoms with Crippen molar-refractivity contribution in [3.8, 4) is 0 Å². The molecule has 1 N–H and O–H groups in total. The molecule has 0 saturated heterocycles. The Hall–Kier alpha value is -3.38. The smallest absolute Gasteiger partial charge is 0.289 e. The maximum atomic E-state index is 12.9. The molecule has 0 aliphatic rings. The molecule has 0 aliphatic heterocycles. The van der Waals surface area contributed by atoms with Crippen molar-refractivity contribution in [1.82, 2.24) is 14.9 Å². The summed E-state index contributed by atoms with van der Waals surface area (Å²) in [5, 5.41) is 1.18. The van der Waals surface area contributed by atoms with Crippen LogP contribution < -0.4 is 5.56 Å². The van der Waals surface area contributed by atoms with Gasteiger partial charge in [-0.15, -0.1) is 0 Å². The number of para-hydroxylation sites is 1. The molecule has 6 nitrogen and oxygen atoms in total. The van der Waals surface area contributed by atoms with Crippen molar-refractivity contribution in [1.29, 1.82) is 0 Å². The van der Waals surface area contributed by atoms with Crippen LogP contribution in [0, 0.1) is 0 Å². The van der Waals surface area contributed by atoms with E-state index in [-0.39, 0.29) is 23.8 Å². The maximum Gasteiger partial charge on any atom is 0.289 e. The van der Waals surface area contributed by atoms with Crippen molar-refractivity contribution < 1.29 is 9.21 Å². The third-order valence-electron chi connectivity index (χ3n) is 4.61. The lowest BCUT2D eigenvalue weighted by atomic mass is 10.1. The van der Waals surface area contributed by atoms with Gasteiger partial charge in [-0.1, -0.05) is 35.9 Å². The number of nitrogens with one attached hydrogen (secondary N) is 1. The predicted molar refractivity (Wildman–Crippen MR) is 111 cm³/mol. The first-order chi connectivity index (χ1) is 14.1. The van der Waals surface area contributed by atoms with Crippen LogP contribution >= 0.6 is 11.6 Å². The number of aromatic nitrogens is 2. The Kier molecular flexibility index (Phi) is 5.44. The summed E-state index contributed by atoms with van der Waals surface area (Å²) in [6, 6.07) is 17.9. The van der Waals surface area contributed by atoms with Crippen LogP contribution in [-0.2, 0) is 13.0 Å². The standard InChI is InChI=1S/C22H18ClN3O3/c23-16-9-7-15(8-10-16)11-12-26(22(28)19-6-3-13-29-19)14-20-24-18-5-2-1-4-17(18)21(27)25-20/h1-10,13H,11-12,14H2,(H,24,25,27). The summed E-state index contributed by atoms with van der Waals surface area (Å²) >= 11 is 5.94. The van der Waals surface area contributed by atoms with Gasteiger partial charge in [-0.2, -0.15) is 0 Å². The second-order valence-electron chi connectivity index (χ2n) is 6.61. The zero-order valence-corrected chi connectivity index (χ0v) is 16.2. The highest BCUT2D eigenvalue weighted by Gasteiger charge is 2.20. The number of halogens is 1. The quantitative estimate of drug-likeness (QED) is 0.522. The number of hydrogen-bond donors (Lipinski definition) is 1. The minimum Gasteiger partial charge on any atom is -0.459 e. The molecule has 7 heteroatoms. The number of rotatable bonds is 6. The van der Waals surface area contributed by atoms with Crippen LogP contribution in [0.3, 0.4) is 0 Å². The van der Waals surface area contributed by atoms with E-state index in [1.807, 2.05) is 30.3 Å². The summed E-state index contributed by atoms with van der Waals surface area (Å²) in [6.07, 6.45) is 2.09. The number of carbonyl (C=O) groups is 1. The Morgan fingerprint density at radius 2 is 1.86 bits per heavy atom. The van der Waals surface area contributed by atoms with Gasteiger partial charge >= 0.3 is 0 Å². The van der Waals surface area contributed by atoms with Crippen LogP contribution in [-0.4, -0.2) is 27.3 Å². The van der Waals surface area contributed by atoms with Crippen LogP contribution in [0.2, 0.25) is 5.02 Å². The normalized spacial score (nSPS) is 10.9. The molecule has 0 radical (unpaired) electrons. The largest absolute Gasteiger partial charge is 0.459 e. The highest BCUT2D eigenvalue weighted by atomic mass is 35.5. The fourth-order valence-electron chi connectivity index (χ4n) is 3.11. The molecule has 0 aliphatic carbocycles. The zero-order chi connectivity index (χ0) is 20.2. The minimum atomic E-state index is -0.264. The minimum absolute atomic E-state index is 0.160. The average Bonchev–Trinajstić information content (AvgIpc) is 3.27. The van der Waals surface area contributed by atoms with Gasteiger partial charge in [-0.05, 0) is 48.4 Å². The first kappa shape index (κ1) is 19.0. The third-order valence-corrected chi connectivity index (χ3v) is 4.86. The van der Waals surface area contributed by atoms with Gasteiger partial charge in [0.05, 0.1) is 23.7 Å². The summed E-state index contributed by atoms with van der Waals surface area (Å²) in [4.78, 5) is 34.2. The molecule has 2 aromatic carbocycles. The summed E-state index contributed by atoms with van der Waals surface area (Å²) in [5.74, 6) is 0.397. The molecule has 0 atom stereocenters. The summed E-state index contributed by atoms with van der Waals surface area (Å²) in [7, 11) is 0. The third kappa shape index (κ3) is 4.38. The molecule has 0 bridgehead atoms. The first-order valence-electron chi connectivity index (χ1n) is 9.15. The van der Waals surface area contributed by atoms with Crippen LogP contribution in [0.5, 0.6) is 0 Å². The number of nitrogens with zero attached hydrogens (tertiary/aromatic N) is 2. The van der Waals surface area contributed by atoms with Crippen molar-refractivity contribution >= 4 is 28.4 Å². The number of furan rings is 1. The highest BCUT2D eigenvalue weighted by Crippen LogP contribution is 2.14. The summed E-state index contributed by atoms with van der Waals surface area (Å²) in [6.45, 7) is 0.588. The van der Waals surface area contributed by atoms with E-state index in [1.54, 1.807) is 35.2 Å². The lowest BCUT2D eigenvalue weighted by molar-refractivity contribution is 0.0708. The van der Waals surface area contributed by atoms with E-state index in [9.17, 15) is 9.59 Å². The average molecular weight is 408 g/mol. The number of amides is 1. The lowest BCUT2D eigenvalue weighted by Gasteiger charge is -2.21. The Bertz CT molecular complexity index is 1180. The van der Waals surface area contributed by atoms with Crippen molar-refractivity contribution in [2.45, 2.75) is 13.0 Å². The lowest BCUT2D eigenvalue weighted by Crippen LogP contribution is -2.33. The van der Waals surface area contributed by atoms with E-state index in [2.05, 4.69) is 9.97 Å². The number of fused-ring (bicyclic) bond motifs is 1. The summed E-state index contributed by atoms with van der Waals surface area (Å²) < 4.78 is 5.27. The fraction of sp³-hybridized carbons (Fsp3) is 0.136. The second kappa shape index (κ2) is 8.32.